The molecule has 0 aliphatic carbocycles. The average molecular weight is 783 g/mol. The fourth-order valence-electron chi connectivity index (χ4n) is 6.51. The lowest BCUT2D eigenvalue weighted by Gasteiger charge is -2.18. The van der Waals surface area contributed by atoms with Crippen molar-refractivity contribution in [3.8, 4) is 0 Å². The topological polar surface area (TPSA) is 61.8 Å². The van der Waals surface area contributed by atoms with Gasteiger partial charge < -0.3 is 14.2 Å². The third kappa shape index (κ3) is 44.3. The summed E-state index contributed by atoms with van der Waals surface area (Å²) >= 11 is 0. The van der Waals surface area contributed by atoms with Crippen LogP contribution in [0.25, 0.3) is 0 Å². The number of esters is 2. The summed E-state index contributed by atoms with van der Waals surface area (Å²) in [6.07, 6.45) is 58.1. The quantitative estimate of drug-likeness (QED) is 0.0350. The Morgan fingerprint density at radius 1 is 0.411 bits per heavy atom. The zero-order valence-corrected chi connectivity index (χ0v) is 37.1. The zero-order valence-electron chi connectivity index (χ0n) is 37.1. The summed E-state index contributed by atoms with van der Waals surface area (Å²) in [6.45, 7) is 7.56. The third-order valence-corrected chi connectivity index (χ3v) is 10.0. The first-order valence-electron chi connectivity index (χ1n) is 23.8. The highest BCUT2D eigenvalue weighted by atomic mass is 16.6. The maximum absolute atomic E-state index is 12.7. The van der Waals surface area contributed by atoms with Crippen molar-refractivity contribution >= 4 is 11.9 Å². The number of rotatable bonds is 43. The Bertz CT molecular complexity index is 977. The summed E-state index contributed by atoms with van der Waals surface area (Å²) in [6, 6.07) is 0. The molecule has 1 atom stereocenters. The van der Waals surface area contributed by atoms with Gasteiger partial charge in [-0.25, -0.2) is 0 Å². The van der Waals surface area contributed by atoms with Gasteiger partial charge in [-0.3, -0.25) is 9.59 Å². The van der Waals surface area contributed by atoms with Crippen molar-refractivity contribution in [1.29, 1.82) is 0 Å². The van der Waals surface area contributed by atoms with E-state index in [4.69, 9.17) is 14.2 Å². The maximum Gasteiger partial charge on any atom is 0.306 e. The van der Waals surface area contributed by atoms with Crippen LogP contribution in [0.1, 0.15) is 226 Å². The Morgan fingerprint density at radius 3 is 1.30 bits per heavy atom. The predicted octanol–water partition coefficient (Wildman–Crippen LogP) is 15.8. The van der Waals surface area contributed by atoms with Crippen LogP contribution < -0.4 is 0 Å². The van der Waals surface area contributed by atoms with Crippen molar-refractivity contribution in [3.63, 3.8) is 0 Å². The summed E-state index contributed by atoms with van der Waals surface area (Å²) in [5, 5.41) is 0. The van der Waals surface area contributed by atoms with E-state index >= 15 is 0 Å². The zero-order chi connectivity index (χ0) is 40.7. The van der Waals surface area contributed by atoms with Crippen LogP contribution in [0, 0.1) is 0 Å². The normalized spacial score (nSPS) is 12.7. The molecule has 0 fully saturated rings. The van der Waals surface area contributed by atoms with Gasteiger partial charge in [0.25, 0.3) is 0 Å². The number of hydrogen-bond donors (Lipinski definition) is 0. The van der Waals surface area contributed by atoms with E-state index in [1.165, 1.54) is 122 Å². The van der Waals surface area contributed by atoms with Crippen LogP contribution in [-0.2, 0) is 23.8 Å². The number of carbonyl (C=O) groups excluding carboxylic acids is 2. The third-order valence-electron chi connectivity index (χ3n) is 10.0. The highest BCUT2D eigenvalue weighted by molar-refractivity contribution is 5.70. The van der Waals surface area contributed by atoms with E-state index in [9.17, 15) is 9.59 Å². The largest absolute Gasteiger partial charge is 0.462 e. The SMILES string of the molecule is CC/C=C\C/C=C\C/C=C\C/C=C\CCCOCC(COC(=O)CCCCCCCCC/C=C\CCCCCCCC)OC(=O)CCCCCCCCCCC. The molecule has 0 N–H and O–H groups in total. The standard InChI is InChI=1S/C51H90O5/c1-4-7-10-13-16-19-21-23-25-26-27-28-30-33-35-38-41-44-50(52)55-48-49(56-51(53)45-42-39-36-32-18-15-12-9-6-3)47-54-46-43-40-37-34-31-29-24-22-20-17-14-11-8-5-2/h8,11,17,20,23-25,29,34,37,49H,4-7,9-10,12-16,18-19,21-22,26-28,30-33,35-36,38-48H2,1-3H3/b11-8-,20-17-,25-23-,29-24-,37-34-. The van der Waals surface area contributed by atoms with E-state index in [0.29, 0.717) is 19.4 Å². The first-order chi connectivity index (χ1) is 27.6. The molecule has 0 aromatic carbocycles. The van der Waals surface area contributed by atoms with E-state index < -0.39 is 6.10 Å². The number of allylic oxidation sites excluding steroid dienone is 10. The van der Waals surface area contributed by atoms with Crippen LogP contribution in [0.2, 0.25) is 0 Å². The molecule has 0 amide bonds. The molecule has 0 bridgehead atoms. The van der Waals surface area contributed by atoms with Crippen LogP contribution in [0.5, 0.6) is 0 Å². The Balaban J connectivity index is 4.27. The molecule has 5 heteroatoms. The predicted molar refractivity (Wildman–Crippen MR) is 242 cm³/mol. The van der Waals surface area contributed by atoms with E-state index in [1.54, 1.807) is 0 Å². The lowest BCUT2D eigenvalue weighted by Crippen LogP contribution is -2.30. The number of carbonyl (C=O) groups is 2. The monoisotopic (exact) mass is 783 g/mol. The number of unbranched alkanes of at least 4 members (excludes halogenated alkanes) is 22. The smallest absolute Gasteiger partial charge is 0.306 e. The van der Waals surface area contributed by atoms with Crippen molar-refractivity contribution in [2.75, 3.05) is 19.8 Å². The highest BCUT2D eigenvalue weighted by Gasteiger charge is 2.17. The second-order valence-electron chi connectivity index (χ2n) is 15.6. The maximum atomic E-state index is 12.7. The van der Waals surface area contributed by atoms with Gasteiger partial charge in [0.05, 0.1) is 6.61 Å². The summed E-state index contributed by atoms with van der Waals surface area (Å²) in [5.41, 5.74) is 0. The first-order valence-corrected chi connectivity index (χ1v) is 23.8. The molecule has 0 saturated heterocycles. The van der Waals surface area contributed by atoms with E-state index in [-0.39, 0.29) is 25.2 Å². The van der Waals surface area contributed by atoms with Crippen LogP contribution in [-0.4, -0.2) is 37.9 Å². The molecule has 0 aliphatic heterocycles. The average Bonchev–Trinajstić information content (AvgIpc) is 3.20. The van der Waals surface area contributed by atoms with Crippen LogP contribution in [0.15, 0.2) is 60.8 Å². The lowest BCUT2D eigenvalue weighted by atomic mass is 10.1. The van der Waals surface area contributed by atoms with E-state index in [2.05, 4.69) is 81.5 Å². The molecule has 0 heterocycles. The minimum Gasteiger partial charge on any atom is -0.462 e. The molecule has 0 aromatic rings. The lowest BCUT2D eigenvalue weighted by molar-refractivity contribution is -0.163. The summed E-state index contributed by atoms with van der Waals surface area (Å²) in [4.78, 5) is 25.2. The summed E-state index contributed by atoms with van der Waals surface area (Å²) in [7, 11) is 0. The van der Waals surface area contributed by atoms with Crippen LogP contribution in [0.3, 0.4) is 0 Å². The number of hydrogen-bond acceptors (Lipinski definition) is 5. The Labute approximate surface area is 347 Å². The molecule has 0 spiro atoms. The van der Waals surface area contributed by atoms with Gasteiger partial charge in [-0.1, -0.05) is 197 Å². The van der Waals surface area contributed by atoms with Crippen molar-refractivity contribution in [3.05, 3.63) is 60.8 Å². The van der Waals surface area contributed by atoms with Gasteiger partial charge in [-0.15, -0.1) is 0 Å². The highest BCUT2D eigenvalue weighted by Crippen LogP contribution is 2.14. The second-order valence-corrected chi connectivity index (χ2v) is 15.6. The van der Waals surface area contributed by atoms with Crippen LogP contribution in [0.4, 0.5) is 0 Å². The van der Waals surface area contributed by atoms with Gasteiger partial charge in [-0.05, 0) is 77.0 Å². The molecule has 56 heavy (non-hydrogen) atoms. The summed E-state index contributed by atoms with van der Waals surface area (Å²) < 4.78 is 17.2. The fraction of sp³-hybridized carbons (Fsp3) is 0.765. The van der Waals surface area contributed by atoms with Gasteiger partial charge in [-0.2, -0.15) is 0 Å². The Morgan fingerprint density at radius 2 is 0.804 bits per heavy atom. The molecule has 0 radical (unpaired) electrons. The molecule has 0 aromatic heterocycles. The van der Waals surface area contributed by atoms with Crippen molar-refractivity contribution in [1.82, 2.24) is 0 Å². The van der Waals surface area contributed by atoms with E-state index in [0.717, 1.165) is 70.6 Å². The van der Waals surface area contributed by atoms with Crippen molar-refractivity contribution < 1.29 is 23.8 Å². The van der Waals surface area contributed by atoms with Crippen LogP contribution >= 0.6 is 0 Å². The van der Waals surface area contributed by atoms with Crippen molar-refractivity contribution in [2.24, 2.45) is 0 Å². The fourth-order valence-corrected chi connectivity index (χ4v) is 6.51. The Kier molecular flexibility index (Phi) is 45.0. The minimum atomic E-state index is -0.562. The molecule has 5 nitrogen and oxygen atoms in total. The van der Waals surface area contributed by atoms with Crippen molar-refractivity contribution in [2.45, 2.75) is 232 Å². The molecule has 1 unspecified atom stereocenters. The molecule has 0 rings (SSSR count). The molecule has 324 valence electrons. The molecular formula is C51H90O5. The van der Waals surface area contributed by atoms with Gasteiger partial charge in [0.2, 0.25) is 0 Å². The second kappa shape index (κ2) is 47.0. The molecular weight excluding hydrogens is 693 g/mol. The minimum absolute atomic E-state index is 0.0621. The molecule has 0 aliphatic rings. The van der Waals surface area contributed by atoms with Gasteiger partial charge in [0.15, 0.2) is 6.10 Å². The van der Waals surface area contributed by atoms with Gasteiger partial charge in [0.1, 0.15) is 6.61 Å². The summed E-state index contributed by atoms with van der Waals surface area (Å²) in [5.74, 6) is -0.432. The van der Waals surface area contributed by atoms with Gasteiger partial charge >= 0.3 is 11.9 Å². The Hall–Kier alpha value is -2.40. The van der Waals surface area contributed by atoms with Gasteiger partial charge in [0, 0.05) is 19.4 Å². The van der Waals surface area contributed by atoms with E-state index in [1.807, 2.05) is 0 Å². The number of ether oxygens (including phenoxy) is 3. The molecule has 0 saturated carbocycles. The first kappa shape index (κ1) is 53.6.